The van der Waals surface area contributed by atoms with Gasteiger partial charge >= 0.3 is 0 Å². The van der Waals surface area contributed by atoms with Crippen LogP contribution < -0.4 is 5.32 Å². The minimum Gasteiger partial charge on any atom is -0.337 e. The lowest BCUT2D eigenvalue weighted by atomic mass is 10.2. The molecule has 1 aromatic heterocycles. The molecule has 2 heterocycles. The van der Waals surface area contributed by atoms with Gasteiger partial charge in [0.1, 0.15) is 0 Å². The molecule has 1 atom stereocenters. The number of rotatable bonds is 3. The Balaban J connectivity index is 1.84. The first kappa shape index (κ1) is 12.1. The Morgan fingerprint density at radius 1 is 1.65 bits per heavy atom. The standard InChI is InChI=1S/C12H20N4O/c1-10-7-14-15(9-10)5-3-12(17)16-6-4-13-8-11(16)2/h7,9,11,13H,3-6,8H2,1-2H3/t11-/m1/s1. The summed E-state index contributed by atoms with van der Waals surface area (Å²) in [5.41, 5.74) is 1.13. The molecule has 1 aromatic rings. The summed E-state index contributed by atoms with van der Waals surface area (Å²) in [4.78, 5) is 14.0. The minimum absolute atomic E-state index is 0.229. The first-order valence-electron chi connectivity index (χ1n) is 6.16. The molecule has 5 nitrogen and oxygen atoms in total. The SMILES string of the molecule is Cc1cnn(CCC(=O)N2CCNC[C@H]2C)c1. The number of amides is 1. The molecule has 1 aliphatic heterocycles. The van der Waals surface area contributed by atoms with E-state index in [2.05, 4.69) is 17.3 Å². The van der Waals surface area contributed by atoms with Crippen molar-refractivity contribution >= 4 is 5.91 Å². The number of piperazine rings is 1. The van der Waals surface area contributed by atoms with Gasteiger partial charge in [0.25, 0.3) is 0 Å². The zero-order chi connectivity index (χ0) is 12.3. The van der Waals surface area contributed by atoms with Crippen molar-refractivity contribution in [1.82, 2.24) is 20.0 Å². The number of nitrogens with one attached hydrogen (secondary N) is 1. The van der Waals surface area contributed by atoms with Crippen molar-refractivity contribution < 1.29 is 4.79 Å². The van der Waals surface area contributed by atoms with Crippen LogP contribution in [0.25, 0.3) is 0 Å². The second kappa shape index (κ2) is 5.31. The van der Waals surface area contributed by atoms with Crippen LogP contribution in [0.3, 0.4) is 0 Å². The first-order chi connectivity index (χ1) is 8.16. The van der Waals surface area contributed by atoms with Crippen LogP contribution in [0.5, 0.6) is 0 Å². The predicted molar refractivity (Wildman–Crippen MR) is 65.6 cm³/mol. The smallest absolute Gasteiger partial charge is 0.224 e. The largest absolute Gasteiger partial charge is 0.337 e. The molecule has 1 N–H and O–H groups in total. The normalized spacial score (nSPS) is 20.6. The lowest BCUT2D eigenvalue weighted by Crippen LogP contribution is -2.52. The van der Waals surface area contributed by atoms with Gasteiger partial charge in [-0.25, -0.2) is 0 Å². The third-order valence-electron chi connectivity index (χ3n) is 3.14. The maximum atomic E-state index is 12.0. The molecule has 17 heavy (non-hydrogen) atoms. The van der Waals surface area contributed by atoms with Crippen molar-refractivity contribution in [3.63, 3.8) is 0 Å². The molecule has 0 spiro atoms. The zero-order valence-electron chi connectivity index (χ0n) is 10.5. The maximum absolute atomic E-state index is 12.0. The van der Waals surface area contributed by atoms with Crippen LogP contribution in [0.15, 0.2) is 12.4 Å². The number of aromatic nitrogens is 2. The Bertz CT molecular complexity index is 388. The van der Waals surface area contributed by atoms with Gasteiger partial charge in [-0.15, -0.1) is 0 Å². The van der Waals surface area contributed by atoms with Crippen molar-refractivity contribution in [2.24, 2.45) is 0 Å². The molecular weight excluding hydrogens is 216 g/mol. The summed E-state index contributed by atoms with van der Waals surface area (Å²) in [6.45, 7) is 7.37. The Kier molecular flexibility index (Phi) is 3.78. The second-order valence-electron chi connectivity index (χ2n) is 4.67. The topological polar surface area (TPSA) is 50.2 Å². The number of hydrogen-bond acceptors (Lipinski definition) is 3. The van der Waals surface area contributed by atoms with Crippen LogP contribution in [0.4, 0.5) is 0 Å². The Morgan fingerprint density at radius 3 is 3.12 bits per heavy atom. The van der Waals surface area contributed by atoms with Gasteiger partial charge in [-0.05, 0) is 19.4 Å². The highest BCUT2D eigenvalue weighted by atomic mass is 16.2. The number of aryl methyl sites for hydroxylation is 2. The molecule has 0 aromatic carbocycles. The van der Waals surface area contributed by atoms with Gasteiger partial charge in [0.2, 0.25) is 5.91 Å². The summed E-state index contributed by atoms with van der Waals surface area (Å²) in [5, 5.41) is 7.47. The summed E-state index contributed by atoms with van der Waals surface area (Å²) in [6.07, 6.45) is 4.32. The predicted octanol–water partition coefficient (Wildman–Crippen LogP) is 0.402. The summed E-state index contributed by atoms with van der Waals surface area (Å²) < 4.78 is 1.83. The van der Waals surface area contributed by atoms with Crippen molar-refractivity contribution in [3.8, 4) is 0 Å². The minimum atomic E-state index is 0.229. The summed E-state index contributed by atoms with van der Waals surface area (Å²) in [6, 6.07) is 0.301. The molecule has 0 aliphatic carbocycles. The van der Waals surface area contributed by atoms with E-state index >= 15 is 0 Å². The van der Waals surface area contributed by atoms with Gasteiger partial charge in [-0.3, -0.25) is 9.48 Å². The quantitative estimate of drug-likeness (QED) is 0.826. The molecule has 0 radical (unpaired) electrons. The fraction of sp³-hybridized carbons (Fsp3) is 0.667. The van der Waals surface area contributed by atoms with E-state index in [0.29, 0.717) is 19.0 Å². The van der Waals surface area contributed by atoms with Crippen LogP contribution in [0, 0.1) is 6.92 Å². The summed E-state index contributed by atoms with van der Waals surface area (Å²) in [7, 11) is 0. The Labute approximate surface area is 102 Å². The number of carbonyl (C=O) groups is 1. The first-order valence-corrected chi connectivity index (χ1v) is 6.16. The van der Waals surface area contributed by atoms with Crippen molar-refractivity contribution in [2.45, 2.75) is 32.9 Å². The fourth-order valence-corrected chi connectivity index (χ4v) is 2.15. The fourth-order valence-electron chi connectivity index (χ4n) is 2.15. The van der Waals surface area contributed by atoms with Gasteiger partial charge < -0.3 is 10.2 Å². The maximum Gasteiger partial charge on any atom is 0.224 e. The molecule has 94 valence electrons. The molecule has 0 bridgehead atoms. The monoisotopic (exact) mass is 236 g/mol. The van der Waals surface area contributed by atoms with Crippen molar-refractivity contribution in [1.29, 1.82) is 0 Å². The molecule has 1 fully saturated rings. The summed E-state index contributed by atoms with van der Waals surface area (Å²) >= 11 is 0. The highest BCUT2D eigenvalue weighted by Gasteiger charge is 2.22. The van der Waals surface area contributed by atoms with E-state index in [1.54, 1.807) is 0 Å². The number of hydrogen-bond donors (Lipinski definition) is 1. The van der Waals surface area contributed by atoms with Crippen LogP contribution in [0.1, 0.15) is 18.9 Å². The van der Waals surface area contributed by atoms with Gasteiger partial charge in [-0.2, -0.15) is 5.10 Å². The Hall–Kier alpha value is -1.36. The molecule has 2 rings (SSSR count). The van der Waals surface area contributed by atoms with Crippen LogP contribution in [0.2, 0.25) is 0 Å². The third kappa shape index (κ3) is 3.06. The van der Waals surface area contributed by atoms with Gasteiger partial charge in [0.05, 0.1) is 6.20 Å². The van der Waals surface area contributed by atoms with E-state index in [1.807, 2.05) is 28.9 Å². The van der Waals surface area contributed by atoms with Gasteiger partial charge in [-0.1, -0.05) is 0 Å². The molecule has 1 aliphatic rings. The van der Waals surface area contributed by atoms with E-state index < -0.39 is 0 Å². The van der Waals surface area contributed by atoms with E-state index in [1.165, 1.54) is 0 Å². The third-order valence-corrected chi connectivity index (χ3v) is 3.14. The highest BCUT2D eigenvalue weighted by molar-refractivity contribution is 5.76. The van der Waals surface area contributed by atoms with E-state index in [9.17, 15) is 4.79 Å². The second-order valence-corrected chi connectivity index (χ2v) is 4.67. The lowest BCUT2D eigenvalue weighted by molar-refractivity contribution is -0.134. The zero-order valence-corrected chi connectivity index (χ0v) is 10.5. The number of nitrogens with zero attached hydrogens (tertiary/aromatic N) is 3. The molecular formula is C12H20N4O. The average Bonchev–Trinajstić information content (AvgIpc) is 2.73. The molecule has 0 unspecified atom stereocenters. The van der Waals surface area contributed by atoms with Crippen LogP contribution in [-0.2, 0) is 11.3 Å². The lowest BCUT2D eigenvalue weighted by Gasteiger charge is -2.34. The van der Waals surface area contributed by atoms with Crippen LogP contribution >= 0.6 is 0 Å². The molecule has 5 heteroatoms. The molecule has 0 saturated carbocycles. The average molecular weight is 236 g/mol. The van der Waals surface area contributed by atoms with Crippen molar-refractivity contribution in [3.05, 3.63) is 18.0 Å². The van der Waals surface area contributed by atoms with Gasteiger partial charge in [0, 0.05) is 44.8 Å². The molecule has 1 saturated heterocycles. The van der Waals surface area contributed by atoms with Crippen molar-refractivity contribution in [2.75, 3.05) is 19.6 Å². The van der Waals surface area contributed by atoms with E-state index in [-0.39, 0.29) is 5.91 Å². The number of carbonyl (C=O) groups excluding carboxylic acids is 1. The van der Waals surface area contributed by atoms with E-state index in [0.717, 1.165) is 25.2 Å². The summed E-state index contributed by atoms with van der Waals surface area (Å²) in [5.74, 6) is 0.229. The van der Waals surface area contributed by atoms with Crippen LogP contribution in [-0.4, -0.2) is 46.3 Å². The highest BCUT2D eigenvalue weighted by Crippen LogP contribution is 2.06. The Morgan fingerprint density at radius 2 is 2.47 bits per heavy atom. The molecule has 1 amide bonds. The van der Waals surface area contributed by atoms with Gasteiger partial charge in [0.15, 0.2) is 0 Å². The van der Waals surface area contributed by atoms with E-state index in [4.69, 9.17) is 0 Å².